The first-order valence-corrected chi connectivity index (χ1v) is 9.29. The molecular weight excluding hydrogens is 314 g/mol. The van der Waals surface area contributed by atoms with Crippen molar-refractivity contribution in [2.75, 3.05) is 12.4 Å². The van der Waals surface area contributed by atoms with Gasteiger partial charge < -0.3 is 9.30 Å². The number of nitrogens with one attached hydrogen (secondary N) is 1. The molecule has 0 aliphatic heterocycles. The number of aromatic nitrogens is 2. The second-order valence-corrected chi connectivity index (χ2v) is 7.34. The Morgan fingerprint density at radius 2 is 2.04 bits per heavy atom. The summed E-state index contributed by atoms with van der Waals surface area (Å²) in [6, 6.07) is 7.38. The molecule has 6 nitrogen and oxygen atoms in total. The molecule has 7 heteroatoms. The average Bonchev–Trinajstić information content (AvgIpc) is 3.01. The summed E-state index contributed by atoms with van der Waals surface area (Å²) in [6.45, 7) is 4.63. The van der Waals surface area contributed by atoms with E-state index in [1.165, 1.54) is 0 Å². The van der Waals surface area contributed by atoms with Crippen molar-refractivity contribution < 1.29 is 13.2 Å². The van der Waals surface area contributed by atoms with E-state index in [9.17, 15) is 8.42 Å². The Labute approximate surface area is 137 Å². The van der Waals surface area contributed by atoms with Crippen molar-refractivity contribution in [3.05, 3.63) is 48.5 Å². The Morgan fingerprint density at radius 3 is 2.65 bits per heavy atom. The highest BCUT2D eigenvalue weighted by Crippen LogP contribution is 2.11. The molecule has 1 N–H and O–H groups in total. The number of benzene rings is 1. The van der Waals surface area contributed by atoms with Crippen LogP contribution < -0.4 is 9.46 Å². The third kappa shape index (κ3) is 6.03. The molecule has 2 rings (SSSR count). The smallest absolute Gasteiger partial charge is 0.215 e. The van der Waals surface area contributed by atoms with Crippen LogP contribution in [-0.2, 0) is 16.6 Å². The molecule has 126 valence electrons. The number of ether oxygens (including phenoxy) is 1. The molecule has 0 bridgehead atoms. The van der Waals surface area contributed by atoms with Crippen LogP contribution in [-0.4, -0.2) is 36.4 Å². The van der Waals surface area contributed by atoms with Crippen molar-refractivity contribution in [1.29, 1.82) is 0 Å². The first-order valence-electron chi connectivity index (χ1n) is 7.63. The van der Waals surface area contributed by atoms with Crippen LogP contribution in [0.2, 0.25) is 0 Å². The fourth-order valence-corrected chi connectivity index (χ4v) is 3.29. The van der Waals surface area contributed by atoms with Gasteiger partial charge in [0, 0.05) is 25.0 Å². The highest BCUT2D eigenvalue weighted by molar-refractivity contribution is 7.89. The lowest BCUT2D eigenvalue weighted by Crippen LogP contribution is -2.39. The summed E-state index contributed by atoms with van der Waals surface area (Å²) in [7, 11) is -3.38. The van der Waals surface area contributed by atoms with Crippen LogP contribution in [0.15, 0.2) is 43.0 Å². The zero-order valence-corrected chi connectivity index (χ0v) is 14.3. The van der Waals surface area contributed by atoms with E-state index in [1.807, 2.05) is 48.9 Å². The van der Waals surface area contributed by atoms with E-state index in [4.69, 9.17) is 4.74 Å². The molecule has 0 aliphatic carbocycles. The van der Waals surface area contributed by atoms with Crippen LogP contribution in [0.3, 0.4) is 0 Å². The topological polar surface area (TPSA) is 73.2 Å². The standard InChI is InChI=1S/C16H23N3O3S/c1-3-15(12-19-9-8-17-13-19)18-23(20,21)11-10-22-16-6-4-14(2)5-7-16/h4-9,13,15,18H,3,10-12H2,1-2H3. The van der Waals surface area contributed by atoms with Gasteiger partial charge in [0.05, 0.1) is 12.1 Å². The van der Waals surface area contributed by atoms with E-state index in [1.54, 1.807) is 12.5 Å². The van der Waals surface area contributed by atoms with Crippen LogP contribution >= 0.6 is 0 Å². The molecule has 2 aromatic rings. The quantitative estimate of drug-likeness (QED) is 0.759. The predicted octanol–water partition coefficient (Wildman–Crippen LogP) is 1.97. The zero-order valence-electron chi connectivity index (χ0n) is 13.5. The Balaban J connectivity index is 1.81. The van der Waals surface area contributed by atoms with E-state index in [-0.39, 0.29) is 18.4 Å². The van der Waals surface area contributed by atoms with Crippen molar-refractivity contribution in [3.8, 4) is 5.75 Å². The molecule has 0 saturated carbocycles. The third-order valence-electron chi connectivity index (χ3n) is 3.47. The summed E-state index contributed by atoms with van der Waals surface area (Å²) in [5.74, 6) is 0.609. The van der Waals surface area contributed by atoms with Crippen molar-refractivity contribution in [3.63, 3.8) is 0 Å². The van der Waals surface area contributed by atoms with E-state index < -0.39 is 10.0 Å². The van der Waals surface area contributed by atoms with Gasteiger partial charge in [-0.25, -0.2) is 18.1 Å². The summed E-state index contributed by atoms with van der Waals surface area (Å²) in [5.41, 5.74) is 1.14. The van der Waals surface area contributed by atoms with Gasteiger partial charge in [-0.15, -0.1) is 0 Å². The van der Waals surface area contributed by atoms with Crippen LogP contribution in [0.25, 0.3) is 0 Å². The number of imidazole rings is 1. The number of rotatable bonds is 9. The molecule has 1 unspecified atom stereocenters. The molecule has 0 saturated heterocycles. The number of sulfonamides is 1. The number of aryl methyl sites for hydroxylation is 1. The van der Waals surface area contributed by atoms with Crippen molar-refractivity contribution in [2.45, 2.75) is 32.9 Å². The number of hydrogen-bond donors (Lipinski definition) is 1. The molecule has 1 aromatic carbocycles. The molecule has 1 atom stereocenters. The van der Waals surface area contributed by atoms with Gasteiger partial charge in [-0.3, -0.25) is 0 Å². The number of nitrogens with zero attached hydrogens (tertiary/aromatic N) is 2. The maximum absolute atomic E-state index is 12.2. The Hall–Kier alpha value is -1.86. The fraction of sp³-hybridized carbons (Fsp3) is 0.438. The van der Waals surface area contributed by atoms with Gasteiger partial charge in [-0.05, 0) is 25.5 Å². The van der Waals surface area contributed by atoms with Gasteiger partial charge in [0.2, 0.25) is 10.0 Å². The largest absolute Gasteiger partial charge is 0.492 e. The molecule has 0 aliphatic rings. The molecule has 1 aromatic heterocycles. The fourth-order valence-electron chi connectivity index (χ4n) is 2.12. The van der Waals surface area contributed by atoms with Crippen LogP contribution in [0.1, 0.15) is 18.9 Å². The second kappa shape index (κ2) is 8.12. The highest BCUT2D eigenvalue weighted by Gasteiger charge is 2.17. The SMILES string of the molecule is CCC(Cn1ccnc1)NS(=O)(=O)CCOc1ccc(C)cc1. The third-order valence-corrected chi connectivity index (χ3v) is 4.87. The minimum Gasteiger partial charge on any atom is -0.492 e. The first kappa shape index (κ1) is 17.5. The van der Waals surface area contributed by atoms with Crippen molar-refractivity contribution in [1.82, 2.24) is 14.3 Å². The molecule has 1 heterocycles. The summed E-state index contributed by atoms with van der Waals surface area (Å²) in [6.07, 6.45) is 5.88. The van der Waals surface area contributed by atoms with Gasteiger partial charge in [-0.1, -0.05) is 24.6 Å². The van der Waals surface area contributed by atoms with Gasteiger partial charge in [-0.2, -0.15) is 0 Å². The van der Waals surface area contributed by atoms with E-state index in [2.05, 4.69) is 9.71 Å². The Bertz CT molecular complexity index is 682. The normalized spacial score (nSPS) is 13.0. The summed E-state index contributed by atoms with van der Waals surface area (Å²) in [4.78, 5) is 3.96. The lowest BCUT2D eigenvalue weighted by atomic mass is 10.2. The van der Waals surface area contributed by atoms with Gasteiger partial charge in [0.15, 0.2) is 0 Å². The maximum atomic E-state index is 12.2. The van der Waals surface area contributed by atoms with Crippen LogP contribution in [0.4, 0.5) is 0 Å². The maximum Gasteiger partial charge on any atom is 0.215 e. The van der Waals surface area contributed by atoms with Crippen molar-refractivity contribution >= 4 is 10.0 Å². The summed E-state index contributed by atoms with van der Waals surface area (Å²) < 4.78 is 34.4. The van der Waals surface area contributed by atoms with Crippen LogP contribution in [0, 0.1) is 6.92 Å². The van der Waals surface area contributed by atoms with Gasteiger partial charge in [0.25, 0.3) is 0 Å². The molecule has 0 spiro atoms. The minimum atomic E-state index is -3.38. The Morgan fingerprint density at radius 1 is 1.30 bits per heavy atom. The average molecular weight is 337 g/mol. The lowest BCUT2D eigenvalue weighted by molar-refractivity contribution is 0.339. The van der Waals surface area contributed by atoms with E-state index in [0.717, 1.165) is 5.56 Å². The molecule has 0 amide bonds. The monoisotopic (exact) mass is 337 g/mol. The lowest BCUT2D eigenvalue weighted by Gasteiger charge is -2.17. The summed E-state index contributed by atoms with van der Waals surface area (Å²) in [5, 5.41) is 0. The van der Waals surface area contributed by atoms with E-state index in [0.29, 0.717) is 18.7 Å². The van der Waals surface area contributed by atoms with E-state index >= 15 is 0 Å². The Kier molecular flexibility index (Phi) is 6.18. The molecule has 23 heavy (non-hydrogen) atoms. The minimum absolute atomic E-state index is 0.0681. The second-order valence-electron chi connectivity index (χ2n) is 5.46. The first-order chi connectivity index (χ1) is 11.0. The van der Waals surface area contributed by atoms with Gasteiger partial charge in [0.1, 0.15) is 12.4 Å². The molecule has 0 fully saturated rings. The molecular formula is C16H23N3O3S. The number of hydrogen-bond acceptors (Lipinski definition) is 4. The highest BCUT2D eigenvalue weighted by atomic mass is 32.2. The predicted molar refractivity (Wildman–Crippen MR) is 89.9 cm³/mol. The van der Waals surface area contributed by atoms with Crippen molar-refractivity contribution in [2.24, 2.45) is 0 Å². The summed E-state index contributed by atoms with van der Waals surface area (Å²) >= 11 is 0. The zero-order chi connectivity index (χ0) is 16.7. The van der Waals surface area contributed by atoms with Crippen LogP contribution in [0.5, 0.6) is 5.75 Å². The van der Waals surface area contributed by atoms with Gasteiger partial charge >= 0.3 is 0 Å². The molecule has 0 radical (unpaired) electrons.